The van der Waals surface area contributed by atoms with Gasteiger partial charge in [0.1, 0.15) is 0 Å². The lowest BCUT2D eigenvalue weighted by Gasteiger charge is -2.33. The molecular formula is C12H15N3. The van der Waals surface area contributed by atoms with Crippen molar-refractivity contribution in [3.8, 4) is 0 Å². The molecule has 2 rings (SSSR count). The number of hydrogen-bond donors (Lipinski definition) is 3. The largest absolute Gasteiger partial charge is 0.399 e. The summed E-state index contributed by atoms with van der Waals surface area (Å²) in [5, 5.41) is 3.09. The van der Waals surface area contributed by atoms with Crippen LogP contribution in [0.1, 0.15) is 11.1 Å². The molecule has 1 aromatic carbocycles. The fourth-order valence-corrected chi connectivity index (χ4v) is 1.69. The van der Waals surface area contributed by atoms with Crippen LogP contribution in [0.4, 0.5) is 0 Å². The van der Waals surface area contributed by atoms with Gasteiger partial charge in [-0.2, -0.15) is 0 Å². The topological polar surface area (TPSA) is 64.1 Å². The highest BCUT2D eigenvalue weighted by Gasteiger charge is 2.30. The number of dihydropyridines is 1. The highest BCUT2D eigenvalue weighted by molar-refractivity contribution is 5.38. The maximum absolute atomic E-state index is 6.24. The summed E-state index contributed by atoms with van der Waals surface area (Å²) in [5.74, 6) is 0. The van der Waals surface area contributed by atoms with Gasteiger partial charge in [0.2, 0.25) is 0 Å². The minimum Gasteiger partial charge on any atom is -0.399 e. The lowest BCUT2D eigenvalue weighted by atomic mass is 9.94. The van der Waals surface area contributed by atoms with E-state index in [9.17, 15) is 0 Å². The van der Waals surface area contributed by atoms with E-state index in [1.807, 2.05) is 43.3 Å². The number of benzene rings is 1. The second kappa shape index (κ2) is 3.44. The zero-order valence-electron chi connectivity index (χ0n) is 8.70. The Kier molecular flexibility index (Phi) is 2.25. The molecule has 1 atom stereocenters. The van der Waals surface area contributed by atoms with Crippen molar-refractivity contribution in [3.63, 3.8) is 0 Å². The second-order valence-electron chi connectivity index (χ2n) is 3.80. The summed E-state index contributed by atoms with van der Waals surface area (Å²) < 4.78 is 0. The van der Waals surface area contributed by atoms with Gasteiger partial charge in [0.25, 0.3) is 0 Å². The van der Waals surface area contributed by atoms with Crippen LogP contribution >= 0.6 is 0 Å². The Hall–Kier alpha value is -1.74. The molecule has 0 aliphatic carbocycles. The molecule has 0 bridgehead atoms. The Bertz CT molecular complexity index is 434. The summed E-state index contributed by atoms with van der Waals surface area (Å²) in [6.45, 7) is 2.03. The van der Waals surface area contributed by atoms with Gasteiger partial charge in [-0.05, 0) is 30.8 Å². The zero-order chi connectivity index (χ0) is 10.9. The molecule has 1 aliphatic heterocycles. The van der Waals surface area contributed by atoms with E-state index in [2.05, 4.69) is 5.32 Å². The normalized spacial score (nSPS) is 24.5. The van der Waals surface area contributed by atoms with Crippen LogP contribution in [0.15, 0.2) is 48.3 Å². The van der Waals surface area contributed by atoms with Crippen molar-refractivity contribution in [2.45, 2.75) is 12.6 Å². The summed E-state index contributed by atoms with van der Waals surface area (Å²) in [4.78, 5) is 0. The van der Waals surface area contributed by atoms with Gasteiger partial charge in [-0.15, -0.1) is 0 Å². The lowest BCUT2D eigenvalue weighted by Crippen LogP contribution is -2.53. The first-order valence-corrected chi connectivity index (χ1v) is 4.89. The van der Waals surface area contributed by atoms with Crippen LogP contribution in [0.3, 0.4) is 0 Å². The van der Waals surface area contributed by atoms with E-state index in [-0.39, 0.29) is 0 Å². The van der Waals surface area contributed by atoms with Crippen molar-refractivity contribution in [1.29, 1.82) is 0 Å². The molecule has 5 N–H and O–H groups in total. The lowest BCUT2D eigenvalue weighted by molar-refractivity contribution is 0.456. The van der Waals surface area contributed by atoms with Gasteiger partial charge in [-0.1, -0.05) is 29.8 Å². The SMILES string of the molecule is Cc1cccc(C2(N)NC=CC=C2N)c1. The van der Waals surface area contributed by atoms with Crippen molar-refractivity contribution in [2.75, 3.05) is 0 Å². The van der Waals surface area contributed by atoms with Gasteiger partial charge in [0, 0.05) is 0 Å². The molecule has 0 saturated carbocycles. The molecule has 0 aromatic heterocycles. The summed E-state index contributed by atoms with van der Waals surface area (Å²) >= 11 is 0. The number of hydrogen-bond acceptors (Lipinski definition) is 3. The molecule has 1 aliphatic rings. The van der Waals surface area contributed by atoms with Crippen molar-refractivity contribution < 1.29 is 0 Å². The molecule has 1 heterocycles. The molecule has 1 aromatic rings. The molecule has 0 fully saturated rings. The molecule has 15 heavy (non-hydrogen) atoms. The van der Waals surface area contributed by atoms with E-state index in [4.69, 9.17) is 11.5 Å². The molecule has 0 saturated heterocycles. The van der Waals surface area contributed by atoms with Gasteiger partial charge in [-0.3, -0.25) is 5.73 Å². The minimum absolute atomic E-state index is 0.621. The maximum Gasteiger partial charge on any atom is 0.153 e. The summed E-state index contributed by atoms with van der Waals surface area (Å²) in [5.41, 5.74) is 14.1. The van der Waals surface area contributed by atoms with Gasteiger partial charge in [0.05, 0.1) is 5.70 Å². The number of aryl methyl sites for hydroxylation is 1. The average molecular weight is 201 g/mol. The van der Waals surface area contributed by atoms with E-state index in [1.165, 1.54) is 5.56 Å². The quantitative estimate of drug-likeness (QED) is 0.636. The summed E-state index contributed by atoms with van der Waals surface area (Å²) in [6, 6.07) is 8.02. The Morgan fingerprint density at radius 3 is 2.80 bits per heavy atom. The molecule has 78 valence electrons. The zero-order valence-corrected chi connectivity index (χ0v) is 8.70. The smallest absolute Gasteiger partial charge is 0.153 e. The standard InChI is InChI=1S/C12H15N3/c1-9-4-2-5-10(8-9)12(14)11(13)6-3-7-15-12/h2-8,15H,13-14H2,1H3. The van der Waals surface area contributed by atoms with E-state index in [0.29, 0.717) is 5.70 Å². The van der Waals surface area contributed by atoms with Crippen LogP contribution in [0.25, 0.3) is 0 Å². The van der Waals surface area contributed by atoms with Gasteiger partial charge in [0.15, 0.2) is 5.66 Å². The average Bonchev–Trinajstić information content (AvgIpc) is 2.23. The van der Waals surface area contributed by atoms with Gasteiger partial charge >= 0.3 is 0 Å². The molecule has 3 heteroatoms. The molecule has 0 radical (unpaired) electrons. The van der Waals surface area contributed by atoms with E-state index < -0.39 is 5.66 Å². The second-order valence-corrected chi connectivity index (χ2v) is 3.80. The van der Waals surface area contributed by atoms with Crippen LogP contribution < -0.4 is 16.8 Å². The predicted molar refractivity (Wildman–Crippen MR) is 61.6 cm³/mol. The molecule has 3 nitrogen and oxygen atoms in total. The van der Waals surface area contributed by atoms with Crippen molar-refractivity contribution in [3.05, 3.63) is 59.4 Å². The molecule has 1 unspecified atom stereocenters. The van der Waals surface area contributed by atoms with E-state index in [0.717, 1.165) is 5.56 Å². The van der Waals surface area contributed by atoms with E-state index >= 15 is 0 Å². The Morgan fingerprint density at radius 1 is 1.33 bits per heavy atom. The summed E-state index contributed by atoms with van der Waals surface area (Å²) in [6.07, 6.45) is 5.47. The van der Waals surface area contributed by atoms with Crippen molar-refractivity contribution in [2.24, 2.45) is 11.5 Å². The summed E-state index contributed by atoms with van der Waals surface area (Å²) in [7, 11) is 0. The minimum atomic E-state index is -0.777. The monoisotopic (exact) mass is 201 g/mol. The van der Waals surface area contributed by atoms with Crippen LogP contribution in [-0.2, 0) is 5.66 Å². The third kappa shape index (κ3) is 1.62. The van der Waals surface area contributed by atoms with Gasteiger partial charge in [-0.25, -0.2) is 0 Å². The first kappa shape index (κ1) is 9.80. The van der Waals surface area contributed by atoms with Crippen LogP contribution in [0, 0.1) is 6.92 Å². The van der Waals surface area contributed by atoms with Crippen molar-refractivity contribution in [1.82, 2.24) is 5.32 Å². The highest BCUT2D eigenvalue weighted by atomic mass is 15.1. The first-order chi connectivity index (χ1) is 7.13. The molecule has 0 amide bonds. The van der Waals surface area contributed by atoms with Crippen molar-refractivity contribution >= 4 is 0 Å². The fraction of sp³-hybridized carbons (Fsp3) is 0.167. The highest BCUT2D eigenvalue weighted by Crippen LogP contribution is 2.23. The van der Waals surface area contributed by atoms with E-state index in [1.54, 1.807) is 6.20 Å². The van der Waals surface area contributed by atoms with Crippen LogP contribution in [-0.4, -0.2) is 0 Å². The number of nitrogens with one attached hydrogen (secondary N) is 1. The maximum atomic E-state index is 6.24. The Balaban J connectivity index is 2.46. The fourth-order valence-electron chi connectivity index (χ4n) is 1.69. The third-order valence-corrected chi connectivity index (χ3v) is 2.61. The number of nitrogens with two attached hydrogens (primary N) is 2. The Morgan fingerprint density at radius 2 is 2.13 bits per heavy atom. The third-order valence-electron chi connectivity index (χ3n) is 2.61. The van der Waals surface area contributed by atoms with Gasteiger partial charge < -0.3 is 11.1 Å². The molecular weight excluding hydrogens is 186 g/mol. The van der Waals surface area contributed by atoms with Crippen LogP contribution in [0.2, 0.25) is 0 Å². The molecule has 0 spiro atoms. The number of rotatable bonds is 1. The Labute approximate surface area is 89.5 Å². The number of allylic oxidation sites excluding steroid dienone is 2. The first-order valence-electron chi connectivity index (χ1n) is 4.89. The van der Waals surface area contributed by atoms with Crippen LogP contribution in [0.5, 0.6) is 0 Å². The predicted octanol–water partition coefficient (Wildman–Crippen LogP) is 1.07.